The first-order valence-corrected chi connectivity index (χ1v) is 6.59. The molecule has 0 aliphatic carbocycles. The molecule has 1 aromatic rings. The predicted octanol–water partition coefficient (Wildman–Crippen LogP) is 2.69. The second-order valence-electron chi connectivity index (χ2n) is 4.06. The zero-order chi connectivity index (χ0) is 11.5. The van der Waals surface area contributed by atoms with E-state index >= 15 is 0 Å². The Balaban J connectivity index is 2.09. The molecule has 2 heterocycles. The SMILES string of the molecule is CCOC(=O)N1CCc2sccc2C[C@H]1C. The van der Waals surface area contributed by atoms with E-state index in [1.165, 1.54) is 10.4 Å². The van der Waals surface area contributed by atoms with Crippen molar-refractivity contribution in [2.45, 2.75) is 32.7 Å². The number of fused-ring (bicyclic) bond motifs is 1. The molecule has 0 radical (unpaired) electrons. The lowest BCUT2D eigenvalue weighted by atomic mass is 10.1. The maximum atomic E-state index is 11.7. The van der Waals surface area contributed by atoms with E-state index in [2.05, 4.69) is 18.4 Å². The second-order valence-corrected chi connectivity index (χ2v) is 5.07. The topological polar surface area (TPSA) is 29.5 Å². The minimum Gasteiger partial charge on any atom is -0.450 e. The van der Waals surface area contributed by atoms with Crippen LogP contribution in [0, 0.1) is 0 Å². The van der Waals surface area contributed by atoms with Crippen molar-refractivity contribution in [3.8, 4) is 0 Å². The van der Waals surface area contributed by atoms with Crippen LogP contribution in [0.15, 0.2) is 11.4 Å². The van der Waals surface area contributed by atoms with Crippen LogP contribution in [0.3, 0.4) is 0 Å². The number of ether oxygens (including phenoxy) is 1. The number of hydrogen-bond donors (Lipinski definition) is 0. The molecule has 2 rings (SSSR count). The van der Waals surface area contributed by atoms with E-state index in [0.29, 0.717) is 6.61 Å². The molecule has 1 aliphatic heterocycles. The summed E-state index contributed by atoms with van der Waals surface area (Å²) in [6, 6.07) is 2.40. The highest BCUT2D eigenvalue weighted by Gasteiger charge is 2.25. The molecule has 0 saturated heterocycles. The highest BCUT2D eigenvalue weighted by atomic mass is 32.1. The van der Waals surface area contributed by atoms with Crippen LogP contribution in [-0.4, -0.2) is 30.2 Å². The van der Waals surface area contributed by atoms with E-state index in [1.807, 2.05) is 11.8 Å². The Morgan fingerprint density at radius 3 is 3.25 bits per heavy atom. The number of rotatable bonds is 1. The minimum atomic E-state index is -0.176. The summed E-state index contributed by atoms with van der Waals surface area (Å²) in [5.41, 5.74) is 1.39. The minimum absolute atomic E-state index is 0.176. The van der Waals surface area contributed by atoms with E-state index in [9.17, 15) is 4.79 Å². The summed E-state index contributed by atoms with van der Waals surface area (Å²) in [4.78, 5) is 15.0. The molecule has 0 unspecified atom stereocenters. The fourth-order valence-corrected chi connectivity index (χ4v) is 3.03. The number of amides is 1. The maximum Gasteiger partial charge on any atom is 0.410 e. The quantitative estimate of drug-likeness (QED) is 0.754. The average Bonchev–Trinajstić information content (AvgIpc) is 2.60. The molecule has 16 heavy (non-hydrogen) atoms. The summed E-state index contributed by atoms with van der Waals surface area (Å²) >= 11 is 1.79. The smallest absolute Gasteiger partial charge is 0.410 e. The number of nitrogens with zero attached hydrogens (tertiary/aromatic N) is 1. The monoisotopic (exact) mass is 239 g/mol. The van der Waals surface area contributed by atoms with Crippen LogP contribution in [0.4, 0.5) is 4.79 Å². The van der Waals surface area contributed by atoms with Gasteiger partial charge in [0.15, 0.2) is 0 Å². The van der Waals surface area contributed by atoms with Crippen molar-refractivity contribution in [2.75, 3.05) is 13.2 Å². The molecule has 0 aromatic carbocycles. The van der Waals surface area contributed by atoms with Crippen molar-refractivity contribution in [3.05, 3.63) is 21.9 Å². The molecule has 0 bridgehead atoms. The van der Waals surface area contributed by atoms with Gasteiger partial charge in [-0.1, -0.05) is 0 Å². The zero-order valence-corrected chi connectivity index (χ0v) is 10.5. The summed E-state index contributed by atoms with van der Waals surface area (Å²) in [6.07, 6.45) is 1.72. The molecular formula is C12H17NO2S. The molecule has 1 amide bonds. The van der Waals surface area contributed by atoms with Crippen molar-refractivity contribution in [1.82, 2.24) is 4.90 Å². The van der Waals surface area contributed by atoms with Gasteiger partial charge in [0.25, 0.3) is 0 Å². The first kappa shape index (κ1) is 11.5. The molecule has 0 spiro atoms. The molecule has 0 N–H and O–H groups in total. The highest BCUT2D eigenvalue weighted by Crippen LogP contribution is 2.24. The van der Waals surface area contributed by atoms with Crippen LogP contribution in [-0.2, 0) is 17.6 Å². The third-order valence-electron chi connectivity index (χ3n) is 2.97. The molecule has 0 saturated carbocycles. The van der Waals surface area contributed by atoms with Crippen LogP contribution in [0.5, 0.6) is 0 Å². The summed E-state index contributed by atoms with van der Waals surface area (Å²) in [5, 5.41) is 2.14. The maximum absolute atomic E-state index is 11.7. The van der Waals surface area contributed by atoms with Gasteiger partial charge in [0.1, 0.15) is 0 Å². The van der Waals surface area contributed by atoms with Gasteiger partial charge in [-0.2, -0.15) is 0 Å². The van der Waals surface area contributed by atoms with Crippen molar-refractivity contribution in [1.29, 1.82) is 0 Å². The number of carbonyl (C=O) groups is 1. The number of carbonyl (C=O) groups excluding carboxylic acids is 1. The van der Waals surface area contributed by atoms with Crippen LogP contribution in [0.2, 0.25) is 0 Å². The van der Waals surface area contributed by atoms with E-state index < -0.39 is 0 Å². The Morgan fingerprint density at radius 1 is 1.69 bits per heavy atom. The summed E-state index contributed by atoms with van der Waals surface area (Å²) in [7, 11) is 0. The fraction of sp³-hybridized carbons (Fsp3) is 0.583. The molecule has 1 aromatic heterocycles. The number of thiophene rings is 1. The lowest BCUT2D eigenvalue weighted by Gasteiger charge is -2.26. The lowest BCUT2D eigenvalue weighted by Crippen LogP contribution is -2.40. The van der Waals surface area contributed by atoms with Gasteiger partial charge in [-0.3, -0.25) is 0 Å². The Morgan fingerprint density at radius 2 is 2.50 bits per heavy atom. The van der Waals surface area contributed by atoms with Crippen molar-refractivity contribution >= 4 is 17.4 Å². The Hall–Kier alpha value is -1.03. The highest BCUT2D eigenvalue weighted by molar-refractivity contribution is 7.10. The Labute approximate surface area is 100 Å². The molecule has 3 nitrogen and oxygen atoms in total. The van der Waals surface area contributed by atoms with Gasteiger partial charge in [0, 0.05) is 17.5 Å². The second kappa shape index (κ2) is 4.87. The van der Waals surface area contributed by atoms with Gasteiger partial charge in [0.05, 0.1) is 6.61 Å². The Bertz CT molecular complexity index is 375. The van der Waals surface area contributed by atoms with Crippen LogP contribution >= 0.6 is 11.3 Å². The van der Waals surface area contributed by atoms with E-state index in [-0.39, 0.29) is 12.1 Å². The van der Waals surface area contributed by atoms with Crippen molar-refractivity contribution in [3.63, 3.8) is 0 Å². The van der Waals surface area contributed by atoms with E-state index in [0.717, 1.165) is 19.4 Å². The first-order chi connectivity index (χ1) is 7.72. The van der Waals surface area contributed by atoms with Crippen molar-refractivity contribution in [2.24, 2.45) is 0 Å². The summed E-state index contributed by atoms with van der Waals surface area (Å²) in [6.45, 7) is 5.15. The van der Waals surface area contributed by atoms with Gasteiger partial charge in [0.2, 0.25) is 0 Å². The normalized spacial score (nSPS) is 20.1. The molecule has 0 fully saturated rings. The molecule has 1 aliphatic rings. The third-order valence-corrected chi connectivity index (χ3v) is 3.99. The number of hydrogen-bond acceptors (Lipinski definition) is 3. The molecule has 1 atom stereocenters. The third kappa shape index (κ3) is 2.21. The Kier molecular flexibility index (Phi) is 3.49. The van der Waals surface area contributed by atoms with Gasteiger partial charge >= 0.3 is 6.09 Å². The van der Waals surface area contributed by atoms with Crippen molar-refractivity contribution < 1.29 is 9.53 Å². The summed E-state index contributed by atoms with van der Waals surface area (Å²) < 4.78 is 5.07. The van der Waals surface area contributed by atoms with Gasteiger partial charge in [-0.05, 0) is 43.7 Å². The first-order valence-electron chi connectivity index (χ1n) is 5.71. The average molecular weight is 239 g/mol. The van der Waals surface area contributed by atoms with Gasteiger partial charge < -0.3 is 9.64 Å². The zero-order valence-electron chi connectivity index (χ0n) is 9.73. The van der Waals surface area contributed by atoms with Gasteiger partial charge in [-0.25, -0.2) is 4.79 Å². The van der Waals surface area contributed by atoms with Crippen LogP contribution < -0.4 is 0 Å². The standard InChI is InChI=1S/C12H17NO2S/c1-3-15-12(14)13-6-4-11-10(5-7-16-11)8-9(13)2/h5,7,9H,3-4,6,8H2,1-2H3/t9-/m1/s1. The summed E-state index contributed by atoms with van der Waals surface area (Å²) in [5.74, 6) is 0. The van der Waals surface area contributed by atoms with Crippen LogP contribution in [0.1, 0.15) is 24.3 Å². The molecule has 4 heteroatoms. The predicted molar refractivity (Wildman–Crippen MR) is 64.9 cm³/mol. The fourth-order valence-electron chi connectivity index (χ4n) is 2.12. The molecule has 88 valence electrons. The molecular weight excluding hydrogens is 222 g/mol. The lowest BCUT2D eigenvalue weighted by molar-refractivity contribution is 0.0949. The van der Waals surface area contributed by atoms with E-state index in [1.54, 1.807) is 11.3 Å². The van der Waals surface area contributed by atoms with Gasteiger partial charge in [-0.15, -0.1) is 11.3 Å². The largest absolute Gasteiger partial charge is 0.450 e. The van der Waals surface area contributed by atoms with Crippen LogP contribution in [0.25, 0.3) is 0 Å². The van der Waals surface area contributed by atoms with E-state index in [4.69, 9.17) is 4.74 Å².